The highest BCUT2D eigenvalue weighted by Crippen LogP contribution is 2.41. The summed E-state index contributed by atoms with van der Waals surface area (Å²) in [6, 6.07) is 15.8. The minimum atomic E-state index is -0.228. The highest BCUT2D eigenvalue weighted by molar-refractivity contribution is 5.78. The molecule has 0 N–H and O–H groups in total. The summed E-state index contributed by atoms with van der Waals surface area (Å²) < 4.78 is 11.8. The van der Waals surface area contributed by atoms with Crippen LogP contribution in [-0.2, 0) is 17.8 Å². The third kappa shape index (κ3) is 4.13. The van der Waals surface area contributed by atoms with Crippen LogP contribution in [0.15, 0.2) is 48.5 Å². The van der Waals surface area contributed by atoms with Crippen molar-refractivity contribution in [3.8, 4) is 11.5 Å². The number of nitrogens with zero attached hydrogens (tertiary/aromatic N) is 1. The van der Waals surface area contributed by atoms with E-state index in [0.29, 0.717) is 18.8 Å². The van der Waals surface area contributed by atoms with Crippen LogP contribution in [0.25, 0.3) is 0 Å². The molecule has 0 radical (unpaired) electrons. The predicted octanol–water partition coefficient (Wildman–Crippen LogP) is 3.83. The molecule has 4 heteroatoms. The molecule has 1 amide bonds. The van der Waals surface area contributed by atoms with E-state index in [1.165, 1.54) is 0 Å². The molecule has 2 aromatic carbocycles. The number of hydrogen-bond acceptors (Lipinski definition) is 3. The van der Waals surface area contributed by atoms with E-state index in [4.69, 9.17) is 9.47 Å². The lowest BCUT2D eigenvalue weighted by Gasteiger charge is -2.22. The molecule has 0 bridgehead atoms. The maximum absolute atomic E-state index is 12.5. The smallest absolute Gasteiger partial charge is 0.260 e. The largest absolute Gasteiger partial charge is 0.483 e. The van der Waals surface area contributed by atoms with Gasteiger partial charge in [0.1, 0.15) is 5.60 Å². The van der Waals surface area contributed by atoms with Crippen LogP contribution in [0.5, 0.6) is 11.5 Å². The fourth-order valence-electron chi connectivity index (χ4n) is 3.11. The Morgan fingerprint density at radius 3 is 2.64 bits per heavy atom. The van der Waals surface area contributed by atoms with E-state index in [0.717, 1.165) is 23.3 Å². The van der Waals surface area contributed by atoms with Crippen molar-refractivity contribution in [2.75, 3.05) is 13.2 Å². The Morgan fingerprint density at radius 2 is 1.92 bits per heavy atom. The van der Waals surface area contributed by atoms with Crippen LogP contribution in [-0.4, -0.2) is 29.6 Å². The van der Waals surface area contributed by atoms with Crippen LogP contribution >= 0.6 is 0 Å². The van der Waals surface area contributed by atoms with Crippen molar-refractivity contribution in [3.05, 3.63) is 59.7 Å². The molecule has 0 aliphatic carbocycles. The van der Waals surface area contributed by atoms with Gasteiger partial charge >= 0.3 is 0 Å². The minimum Gasteiger partial charge on any atom is -0.483 e. The van der Waals surface area contributed by atoms with Crippen LogP contribution in [0.4, 0.5) is 0 Å². The van der Waals surface area contributed by atoms with Gasteiger partial charge in [0.15, 0.2) is 18.1 Å². The van der Waals surface area contributed by atoms with Gasteiger partial charge in [0, 0.05) is 25.1 Å². The van der Waals surface area contributed by atoms with Gasteiger partial charge in [0.2, 0.25) is 0 Å². The Labute approximate surface area is 149 Å². The first-order valence-corrected chi connectivity index (χ1v) is 8.74. The standard InChI is InChI=1S/C21H25NO3/c1-4-22(14-16-9-6-5-7-10-16)19(23)15-24-18-12-8-11-17-13-21(2,3)25-20(17)18/h5-12H,4,13-15H2,1-3H3. The van der Waals surface area contributed by atoms with Crippen molar-refractivity contribution in [1.82, 2.24) is 4.90 Å². The topological polar surface area (TPSA) is 38.8 Å². The van der Waals surface area contributed by atoms with Crippen LogP contribution in [0.2, 0.25) is 0 Å². The molecule has 1 aliphatic heterocycles. The monoisotopic (exact) mass is 339 g/mol. The fourth-order valence-corrected chi connectivity index (χ4v) is 3.11. The fraction of sp³-hybridized carbons (Fsp3) is 0.381. The SMILES string of the molecule is CCN(Cc1ccccc1)C(=O)COc1cccc2c1OC(C)(C)C2. The first kappa shape index (κ1) is 17.3. The second-order valence-electron chi connectivity index (χ2n) is 6.97. The number of likely N-dealkylation sites (N-methyl/N-ethyl adjacent to an activating group) is 1. The molecule has 0 unspecified atom stereocenters. The molecule has 2 aromatic rings. The number of carbonyl (C=O) groups is 1. The lowest BCUT2D eigenvalue weighted by Crippen LogP contribution is -2.34. The normalized spacial score (nSPS) is 14.5. The van der Waals surface area contributed by atoms with E-state index in [1.54, 1.807) is 4.90 Å². The average Bonchev–Trinajstić information content (AvgIpc) is 2.92. The summed E-state index contributed by atoms with van der Waals surface area (Å²) >= 11 is 0. The van der Waals surface area contributed by atoms with Gasteiger partial charge in [-0.1, -0.05) is 42.5 Å². The summed E-state index contributed by atoms with van der Waals surface area (Å²) in [6.45, 7) is 7.35. The average molecular weight is 339 g/mol. The molecule has 1 aliphatic rings. The molecule has 3 rings (SSSR count). The number of para-hydroxylation sites is 1. The number of hydrogen-bond donors (Lipinski definition) is 0. The van der Waals surface area contributed by atoms with Gasteiger partial charge in [-0.15, -0.1) is 0 Å². The van der Waals surface area contributed by atoms with Crippen molar-refractivity contribution < 1.29 is 14.3 Å². The molecule has 0 saturated carbocycles. The Morgan fingerprint density at radius 1 is 1.16 bits per heavy atom. The van der Waals surface area contributed by atoms with Crippen molar-refractivity contribution in [1.29, 1.82) is 0 Å². The Hall–Kier alpha value is -2.49. The zero-order chi connectivity index (χ0) is 17.9. The number of ether oxygens (including phenoxy) is 2. The summed E-state index contributed by atoms with van der Waals surface area (Å²) in [5.41, 5.74) is 2.02. The maximum Gasteiger partial charge on any atom is 0.260 e. The lowest BCUT2D eigenvalue weighted by atomic mass is 10.0. The zero-order valence-corrected chi connectivity index (χ0v) is 15.1. The van der Waals surface area contributed by atoms with Gasteiger partial charge in [-0.2, -0.15) is 0 Å². The van der Waals surface area contributed by atoms with E-state index in [1.807, 2.05) is 55.5 Å². The van der Waals surface area contributed by atoms with Crippen LogP contribution < -0.4 is 9.47 Å². The zero-order valence-electron chi connectivity index (χ0n) is 15.1. The van der Waals surface area contributed by atoms with Gasteiger partial charge in [0.05, 0.1) is 0 Å². The summed E-state index contributed by atoms with van der Waals surface area (Å²) in [5, 5.41) is 0. The van der Waals surface area contributed by atoms with Gasteiger partial charge < -0.3 is 14.4 Å². The highest BCUT2D eigenvalue weighted by Gasteiger charge is 2.32. The van der Waals surface area contributed by atoms with Crippen LogP contribution in [0.3, 0.4) is 0 Å². The van der Waals surface area contributed by atoms with Gasteiger partial charge in [-0.05, 0) is 32.4 Å². The van der Waals surface area contributed by atoms with Gasteiger partial charge in [0.25, 0.3) is 5.91 Å². The molecular weight excluding hydrogens is 314 g/mol. The Balaban J connectivity index is 1.64. The molecule has 0 atom stereocenters. The Kier molecular flexibility index (Phi) is 4.98. The molecule has 1 heterocycles. The minimum absolute atomic E-state index is 0.0148. The first-order valence-electron chi connectivity index (χ1n) is 8.74. The summed E-state index contributed by atoms with van der Waals surface area (Å²) in [5.74, 6) is 1.39. The number of amides is 1. The molecule has 132 valence electrons. The second-order valence-corrected chi connectivity index (χ2v) is 6.97. The molecule has 4 nitrogen and oxygen atoms in total. The number of benzene rings is 2. The van der Waals surface area contributed by atoms with Crippen molar-refractivity contribution >= 4 is 5.91 Å². The van der Waals surface area contributed by atoms with Crippen LogP contribution in [0, 0.1) is 0 Å². The number of carbonyl (C=O) groups excluding carboxylic acids is 1. The maximum atomic E-state index is 12.5. The van der Waals surface area contributed by atoms with E-state index in [9.17, 15) is 4.79 Å². The molecule has 0 aromatic heterocycles. The first-order chi connectivity index (χ1) is 12.0. The van der Waals surface area contributed by atoms with Crippen molar-refractivity contribution in [3.63, 3.8) is 0 Å². The summed E-state index contributed by atoms with van der Waals surface area (Å²) in [6.07, 6.45) is 0.850. The molecular formula is C21H25NO3. The predicted molar refractivity (Wildman–Crippen MR) is 97.9 cm³/mol. The van der Waals surface area contributed by atoms with E-state index in [2.05, 4.69) is 13.8 Å². The Bertz CT molecular complexity index is 740. The van der Waals surface area contributed by atoms with E-state index >= 15 is 0 Å². The second kappa shape index (κ2) is 7.18. The molecule has 0 fully saturated rings. The third-order valence-electron chi connectivity index (χ3n) is 4.36. The van der Waals surface area contributed by atoms with E-state index < -0.39 is 0 Å². The van der Waals surface area contributed by atoms with E-state index in [-0.39, 0.29) is 18.1 Å². The van der Waals surface area contributed by atoms with Gasteiger partial charge in [-0.3, -0.25) is 4.79 Å². The summed E-state index contributed by atoms with van der Waals surface area (Å²) in [7, 11) is 0. The molecule has 25 heavy (non-hydrogen) atoms. The van der Waals surface area contributed by atoms with Crippen molar-refractivity contribution in [2.45, 2.75) is 39.3 Å². The quantitative estimate of drug-likeness (QED) is 0.803. The highest BCUT2D eigenvalue weighted by atomic mass is 16.5. The van der Waals surface area contributed by atoms with Crippen LogP contribution in [0.1, 0.15) is 31.9 Å². The number of rotatable bonds is 6. The van der Waals surface area contributed by atoms with Gasteiger partial charge in [-0.25, -0.2) is 0 Å². The molecule has 0 saturated heterocycles. The summed E-state index contributed by atoms with van der Waals surface area (Å²) in [4.78, 5) is 14.3. The third-order valence-corrected chi connectivity index (χ3v) is 4.36. The number of fused-ring (bicyclic) bond motifs is 1. The van der Waals surface area contributed by atoms with Crippen molar-refractivity contribution in [2.24, 2.45) is 0 Å². The molecule has 0 spiro atoms. The lowest BCUT2D eigenvalue weighted by molar-refractivity contribution is -0.133.